The summed E-state index contributed by atoms with van der Waals surface area (Å²) in [5.41, 5.74) is 4.33. The highest BCUT2D eigenvalue weighted by molar-refractivity contribution is 5.52. The van der Waals surface area contributed by atoms with E-state index in [0.717, 1.165) is 28.4 Å². The van der Waals surface area contributed by atoms with Crippen molar-refractivity contribution in [2.75, 3.05) is 19.0 Å². The van der Waals surface area contributed by atoms with E-state index in [1.165, 1.54) is 0 Å². The van der Waals surface area contributed by atoms with Crippen LogP contribution in [0, 0.1) is 0 Å². The summed E-state index contributed by atoms with van der Waals surface area (Å²) in [7, 11) is 4.01. The van der Waals surface area contributed by atoms with Crippen molar-refractivity contribution in [3.8, 4) is 0 Å². The van der Waals surface area contributed by atoms with Crippen LogP contribution in [0.5, 0.6) is 0 Å². The second-order valence-corrected chi connectivity index (χ2v) is 5.66. The van der Waals surface area contributed by atoms with Gasteiger partial charge in [0, 0.05) is 19.8 Å². The van der Waals surface area contributed by atoms with E-state index in [4.69, 9.17) is 0 Å². The van der Waals surface area contributed by atoms with Crippen LogP contribution in [0.4, 0.5) is 28.4 Å². The highest BCUT2D eigenvalue weighted by Crippen LogP contribution is 2.24. The maximum absolute atomic E-state index is 4.25. The third kappa shape index (κ3) is 4.81. The maximum Gasteiger partial charge on any atom is 0.0858 e. The maximum atomic E-state index is 4.25. The zero-order valence-corrected chi connectivity index (χ0v) is 14.2. The van der Waals surface area contributed by atoms with Gasteiger partial charge in [-0.25, -0.2) is 0 Å². The molecule has 0 aliphatic heterocycles. The average Bonchev–Trinajstić information content (AvgIpc) is 2.67. The Labute approximate surface area is 147 Å². The highest BCUT2D eigenvalue weighted by atomic mass is 15.1. The summed E-state index contributed by atoms with van der Waals surface area (Å²) >= 11 is 0. The quantitative estimate of drug-likeness (QED) is 0.487. The van der Waals surface area contributed by atoms with E-state index < -0.39 is 0 Å². The summed E-state index contributed by atoms with van der Waals surface area (Å²) in [4.78, 5) is 2.05. The van der Waals surface area contributed by atoms with Crippen LogP contribution < -0.4 is 4.90 Å². The SMILES string of the molecule is CN(C)c1ccc(/N=N/c2ccc(N=Nc3ccccc3)cc2)cc1. The molecule has 5 heteroatoms. The lowest BCUT2D eigenvalue weighted by Crippen LogP contribution is -2.07. The van der Waals surface area contributed by atoms with Crippen LogP contribution in [0.25, 0.3) is 0 Å². The fraction of sp³-hybridized carbons (Fsp3) is 0.100. The first kappa shape index (κ1) is 16.5. The van der Waals surface area contributed by atoms with Crippen molar-refractivity contribution in [1.82, 2.24) is 0 Å². The van der Waals surface area contributed by atoms with Gasteiger partial charge >= 0.3 is 0 Å². The van der Waals surface area contributed by atoms with Gasteiger partial charge in [0.2, 0.25) is 0 Å². The van der Waals surface area contributed by atoms with E-state index in [2.05, 4.69) is 20.5 Å². The molecule has 0 aliphatic rings. The zero-order valence-electron chi connectivity index (χ0n) is 14.2. The largest absolute Gasteiger partial charge is 0.378 e. The van der Waals surface area contributed by atoms with Crippen molar-refractivity contribution in [3.63, 3.8) is 0 Å². The topological polar surface area (TPSA) is 52.7 Å². The van der Waals surface area contributed by atoms with Gasteiger partial charge in [-0.3, -0.25) is 0 Å². The Bertz CT molecular complexity index is 851. The lowest BCUT2D eigenvalue weighted by molar-refractivity contribution is 1.13. The number of hydrogen-bond donors (Lipinski definition) is 0. The van der Waals surface area contributed by atoms with Crippen LogP contribution in [-0.2, 0) is 0 Å². The Morgan fingerprint density at radius 3 is 1.24 bits per heavy atom. The molecule has 0 saturated heterocycles. The van der Waals surface area contributed by atoms with E-state index >= 15 is 0 Å². The van der Waals surface area contributed by atoms with Crippen molar-refractivity contribution in [2.45, 2.75) is 0 Å². The number of anilines is 1. The summed E-state index contributed by atoms with van der Waals surface area (Å²) in [6.07, 6.45) is 0. The summed E-state index contributed by atoms with van der Waals surface area (Å²) in [6.45, 7) is 0. The van der Waals surface area contributed by atoms with Gasteiger partial charge in [0.15, 0.2) is 0 Å². The molecule has 3 rings (SSSR count). The van der Waals surface area contributed by atoms with Gasteiger partial charge in [-0.2, -0.15) is 20.5 Å². The molecule has 0 amide bonds. The third-order valence-electron chi connectivity index (χ3n) is 3.53. The van der Waals surface area contributed by atoms with E-state index in [-0.39, 0.29) is 0 Å². The number of nitrogens with zero attached hydrogens (tertiary/aromatic N) is 5. The van der Waals surface area contributed by atoms with Crippen molar-refractivity contribution in [1.29, 1.82) is 0 Å². The monoisotopic (exact) mass is 329 g/mol. The van der Waals surface area contributed by atoms with Crippen LogP contribution in [0.3, 0.4) is 0 Å². The molecule has 25 heavy (non-hydrogen) atoms. The molecule has 0 atom stereocenters. The molecule has 0 radical (unpaired) electrons. The van der Waals surface area contributed by atoms with E-state index in [1.807, 2.05) is 97.9 Å². The molecule has 0 aromatic heterocycles. The lowest BCUT2D eigenvalue weighted by atomic mass is 10.3. The number of rotatable bonds is 5. The lowest BCUT2D eigenvalue weighted by Gasteiger charge is -2.11. The minimum absolute atomic E-state index is 0.773. The first-order chi connectivity index (χ1) is 12.2. The molecular formula is C20H19N5. The van der Waals surface area contributed by atoms with E-state index in [1.54, 1.807) is 0 Å². The first-order valence-electron chi connectivity index (χ1n) is 7.97. The Hall–Kier alpha value is -3.34. The van der Waals surface area contributed by atoms with Crippen molar-refractivity contribution in [3.05, 3.63) is 78.9 Å². The summed E-state index contributed by atoms with van der Waals surface area (Å²) < 4.78 is 0. The van der Waals surface area contributed by atoms with Crippen LogP contribution in [0.2, 0.25) is 0 Å². The predicted octanol–water partition coefficient (Wildman–Crippen LogP) is 6.58. The second-order valence-electron chi connectivity index (χ2n) is 5.66. The standard InChI is InChI=1S/C20H19N5/c1-25(2)20-14-12-19(13-15-20)24-23-18-10-8-17(9-11-18)22-21-16-6-4-3-5-7-16/h3-15H,1-2H3/b22-21?,24-23+. The predicted molar refractivity (Wildman–Crippen MR) is 102 cm³/mol. The molecule has 0 heterocycles. The molecule has 124 valence electrons. The smallest absolute Gasteiger partial charge is 0.0858 e. The minimum Gasteiger partial charge on any atom is -0.378 e. The molecule has 0 fully saturated rings. The molecule has 0 bridgehead atoms. The van der Waals surface area contributed by atoms with Gasteiger partial charge in [-0.15, -0.1) is 0 Å². The molecule has 0 spiro atoms. The highest BCUT2D eigenvalue weighted by Gasteiger charge is 1.96. The van der Waals surface area contributed by atoms with Crippen molar-refractivity contribution in [2.24, 2.45) is 20.5 Å². The number of hydrogen-bond acceptors (Lipinski definition) is 5. The minimum atomic E-state index is 0.773. The summed E-state index contributed by atoms with van der Waals surface area (Å²) in [5.74, 6) is 0. The van der Waals surface area contributed by atoms with Crippen molar-refractivity contribution >= 4 is 28.4 Å². The van der Waals surface area contributed by atoms with E-state index in [0.29, 0.717) is 0 Å². The fourth-order valence-electron chi connectivity index (χ4n) is 2.13. The van der Waals surface area contributed by atoms with Gasteiger partial charge in [-0.1, -0.05) is 18.2 Å². The van der Waals surface area contributed by atoms with Crippen LogP contribution >= 0.6 is 0 Å². The Balaban J connectivity index is 1.65. The number of azo groups is 2. The van der Waals surface area contributed by atoms with E-state index in [9.17, 15) is 0 Å². The second kappa shape index (κ2) is 7.97. The molecule has 0 saturated carbocycles. The molecule has 0 N–H and O–H groups in total. The van der Waals surface area contributed by atoms with Crippen molar-refractivity contribution < 1.29 is 0 Å². The molecule has 5 nitrogen and oxygen atoms in total. The Kier molecular flexibility index (Phi) is 5.26. The molecule has 3 aromatic rings. The molecule has 3 aromatic carbocycles. The van der Waals surface area contributed by atoms with Crippen LogP contribution in [0.1, 0.15) is 0 Å². The first-order valence-corrected chi connectivity index (χ1v) is 7.97. The van der Waals surface area contributed by atoms with Crippen LogP contribution in [0.15, 0.2) is 99.3 Å². The molecule has 0 unspecified atom stereocenters. The number of benzene rings is 3. The fourth-order valence-corrected chi connectivity index (χ4v) is 2.13. The molecule has 0 aliphatic carbocycles. The average molecular weight is 329 g/mol. The summed E-state index contributed by atoms with van der Waals surface area (Å²) in [6, 6.07) is 25.0. The zero-order chi connectivity index (χ0) is 17.5. The normalized spacial score (nSPS) is 11.3. The Morgan fingerprint density at radius 2 is 0.840 bits per heavy atom. The van der Waals surface area contributed by atoms with Gasteiger partial charge in [0.05, 0.1) is 22.7 Å². The summed E-state index contributed by atoms with van der Waals surface area (Å²) in [5, 5.41) is 16.9. The van der Waals surface area contributed by atoms with Gasteiger partial charge in [-0.05, 0) is 60.7 Å². The third-order valence-corrected chi connectivity index (χ3v) is 3.53. The van der Waals surface area contributed by atoms with Gasteiger partial charge in [0.25, 0.3) is 0 Å². The molecular weight excluding hydrogens is 310 g/mol. The van der Waals surface area contributed by atoms with Gasteiger partial charge < -0.3 is 4.90 Å². The van der Waals surface area contributed by atoms with Gasteiger partial charge in [0.1, 0.15) is 0 Å². The van der Waals surface area contributed by atoms with Crippen LogP contribution in [-0.4, -0.2) is 14.1 Å². The Morgan fingerprint density at radius 1 is 0.480 bits per heavy atom.